The standard InChI is InChI=1S/C12H12O6/c13-4-10(5-14)2-1-3-11(6-15,7-16)12(10,8-17)9-18/h4-9H,1-3H2. The van der Waals surface area contributed by atoms with E-state index in [9.17, 15) is 28.8 Å². The molecule has 1 aliphatic rings. The number of rotatable bonds is 6. The molecule has 0 radical (unpaired) electrons. The summed E-state index contributed by atoms with van der Waals surface area (Å²) >= 11 is 0. The third kappa shape index (κ3) is 1.35. The molecule has 0 amide bonds. The largest absolute Gasteiger partial charge is 0.302 e. The molecule has 1 saturated carbocycles. The predicted molar refractivity (Wildman–Crippen MR) is 57.5 cm³/mol. The first kappa shape index (κ1) is 14.1. The maximum absolute atomic E-state index is 11.3. The monoisotopic (exact) mass is 252 g/mol. The van der Waals surface area contributed by atoms with E-state index in [1.54, 1.807) is 0 Å². The molecule has 1 rings (SSSR count). The normalized spacial score (nSPS) is 23.3. The van der Waals surface area contributed by atoms with Crippen molar-refractivity contribution >= 4 is 37.7 Å². The molecule has 6 heteroatoms. The summed E-state index contributed by atoms with van der Waals surface area (Å²) in [5.41, 5.74) is -6.14. The van der Waals surface area contributed by atoms with Gasteiger partial charge >= 0.3 is 0 Å². The van der Waals surface area contributed by atoms with E-state index < -0.39 is 16.2 Å². The predicted octanol–water partition coefficient (Wildman–Crippen LogP) is -0.677. The van der Waals surface area contributed by atoms with E-state index in [4.69, 9.17) is 0 Å². The molecule has 0 spiro atoms. The average Bonchev–Trinajstić information content (AvgIpc) is 2.45. The molecule has 0 aliphatic heterocycles. The van der Waals surface area contributed by atoms with Crippen LogP contribution in [-0.2, 0) is 28.8 Å². The first-order valence-electron chi connectivity index (χ1n) is 5.35. The third-order valence-corrected chi connectivity index (χ3v) is 3.93. The number of carbonyl (C=O) groups excluding carboxylic acids is 6. The molecule has 0 bridgehead atoms. The van der Waals surface area contributed by atoms with Crippen molar-refractivity contribution in [2.45, 2.75) is 19.3 Å². The molecule has 96 valence electrons. The minimum Gasteiger partial charge on any atom is -0.302 e. The van der Waals surface area contributed by atoms with Crippen molar-refractivity contribution in [3.63, 3.8) is 0 Å². The fourth-order valence-electron chi connectivity index (χ4n) is 2.67. The van der Waals surface area contributed by atoms with Crippen LogP contribution in [0.4, 0.5) is 0 Å². The van der Waals surface area contributed by atoms with Crippen LogP contribution in [0, 0.1) is 16.2 Å². The van der Waals surface area contributed by atoms with Gasteiger partial charge in [0, 0.05) is 0 Å². The van der Waals surface area contributed by atoms with Crippen LogP contribution in [0.3, 0.4) is 0 Å². The summed E-state index contributed by atoms with van der Waals surface area (Å²) in [4.78, 5) is 67.4. The number of hydrogen-bond donors (Lipinski definition) is 0. The molecule has 1 fully saturated rings. The second-order valence-corrected chi connectivity index (χ2v) is 4.51. The lowest BCUT2D eigenvalue weighted by atomic mass is 9.47. The number of aldehydes is 6. The third-order valence-electron chi connectivity index (χ3n) is 3.93. The van der Waals surface area contributed by atoms with Gasteiger partial charge in [0.25, 0.3) is 0 Å². The zero-order valence-electron chi connectivity index (χ0n) is 9.53. The molecule has 18 heavy (non-hydrogen) atoms. The summed E-state index contributed by atoms with van der Waals surface area (Å²) in [5.74, 6) is 0. The Kier molecular flexibility index (Phi) is 3.69. The van der Waals surface area contributed by atoms with Gasteiger partial charge < -0.3 is 28.8 Å². The van der Waals surface area contributed by atoms with Crippen LogP contribution in [-0.4, -0.2) is 37.7 Å². The van der Waals surface area contributed by atoms with Crippen LogP contribution in [0.1, 0.15) is 19.3 Å². The number of carbonyl (C=O) groups is 6. The Balaban J connectivity index is 3.67. The molecular weight excluding hydrogens is 240 g/mol. The van der Waals surface area contributed by atoms with E-state index in [2.05, 4.69) is 0 Å². The highest BCUT2D eigenvalue weighted by Gasteiger charge is 2.66. The molecule has 0 heterocycles. The average molecular weight is 252 g/mol. The Labute approximate surface area is 103 Å². The molecule has 6 nitrogen and oxygen atoms in total. The summed E-state index contributed by atoms with van der Waals surface area (Å²) in [5, 5.41) is 0. The molecule has 0 aromatic heterocycles. The molecule has 0 atom stereocenters. The van der Waals surface area contributed by atoms with Crippen molar-refractivity contribution in [1.82, 2.24) is 0 Å². The highest BCUT2D eigenvalue weighted by Crippen LogP contribution is 2.54. The Hall–Kier alpha value is -1.98. The molecule has 0 saturated heterocycles. The summed E-state index contributed by atoms with van der Waals surface area (Å²) in [6.45, 7) is 0. The summed E-state index contributed by atoms with van der Waals surface area (Å²) in [7, 11) is 0. The Morgan fingerprint density at radius 1 is 0.556 bits per heavy atom. The van der Waals surface area contributed by atoms with Crippen LogP contribution in [0.25, 0.3) is 0 Å². The van der Waals surface area contributed by atoms with E-state index >= 15 is 0 Å². The molecular formula is C12H12O6. The van der Waals surface area contributed by atoms with Gasteiger partial charge in [0.1, 0.15) is 54.0 Å². The van der Waals surface area contributed by atoms with Crippen LogP contribution in [0.15, 0.2) is 0 Å². The lowest BCUT2D eigenvalue weighted by Gasteiger charge is -2.48. The Morgan fingerprint density at radius 3 is 1.11 bits per heavy atom. The molecule has 1 aliphatic carbocycles. The lowest BCUT2D eigenvalue weighted by Crippen LogP contribution is -2.62. The van der Waals surface area contributed by atoms with Crippen LogP contribution < -0.4 is 0 Å². The zero-order valence-corrected chi connectivity index (χ0v) is 9.53. The topological polar surface area (TPSA) is 102 Å². The highest BCUT2D eigenvalue weighted by molar-refractivity contribution is 6.08. The highest BCUT2D eigenvalue weighted by atomic mass is 16.2. The summed E-state index contributed by atoms with van der Waals surface area (Å²) in [6.07, 6.45) is 1.02. The minimum atomic E-state index is -2.24. The maximum atomic E-state index is 11.3. The molecule has 0 aromatic carbocycles. The van der Waals surface area contributed by atoms with Gasteiger partial charge in [0.05, 0.1) is 0 Å². The molecule has 0 N–H and O–H groups in total. The van der Waals surface area contributed by atoms with E-state index in [0.29, 0.717) is 0 Å². The van der Waals surface area contributed by atoms with Crippen molar-refractivity contribution in [2.24, 2.45) is 16.2 Å². The quantitative estimate of drug-likeness (QED) is 0.458. The van der Waals surface area contributed by atoms with Gasteiger partial charge in [-0.15, -0.1) is 0 Å². The molecule has 0 aromatic rings. The number of hydrogen-bond acceptors (Lipinski definition) is 6. The van der Waals surface area contributed by atoms with Gasteiger partial charge in [-0.25, -0.2) is 0 Å². The van der Waals surface area contributed by atoms with E-state index in [-0.39, 0.29) is 57.0 Å². The van der Waals surface area contributed by atoms with Gasteiger partial charge in [0.15, 0.2) is 0 Å². The first-order valence-corrected chi connectivity index (χ1v) is 5.35. The Bertz CT molecular complexity index is 357. The smallest absolute Gasteiger partial charge is 0.136 e. The van der Waals surface area contributed by atoms with Crippen molar-refractivity contribution in [2.75, 3.05) is 0 Å². The van der Waals surface area contributed by atoms with Crippen molar-refractivity contribution < 1.29 is 28.8 Å². The summed E-state index contributed by atoms with van der Waals surface area (Å²) < 4.78 is 0. The fourth-order valence-corrected chi connectivity index (χ4v) is 2.67. The summed E-state index contributed by atoms with van der Waals surface area (Å²) in [6, 6.07) is 0. The minimum absolute atomic E-state index is 0.0408. The SMILES string of the molecule is O=CC1(C=O)CCCC(C=O)(C=O)C1(C=O)C=O. The van der Waals surface area contributed by atoms with Crippen LogP contribution in [0.2, 0.25) is 0 Å². The van der Waals surface area contributed by atoms with Crippen molar-refractivity contribution in [3.05, 3.63) is 0 Å². The van der Waals surface area contributed by atoms with Gasteiger partial charge in [0.2, 0.25) is 0 Å². The van der Waals surface area contributed by atoms with Gasteiger partial charge in [-0.2, -0.15) is 0 Å². The zero-order chi connectivity index (χ0) is 13.9. The fraction of sp³-hybridized carbons (Fsp3) is 0.500. The second-order valence-electron chi connectivity index (χ2n) is 4.51. The Morgan fingerprint density at radius 2 is 0.889 bits per heavy atom. The second kappa shape index (κ2) is 4.72. The van der Waals surface area contributed by atoms with Crippen LogP contribution >= 0.6 is 0 Å². The van der Waals surface area contributed by atoms with Gasteiger partial charge in [-0.3, -0.25) is 0 Å². The van der Waals surface area contributed by atoms with Crippen molar-refractivity contribution in [3.8, 4) is 0 Å². The molecule has 0 unspecified atom stereocenters. The van der Waals surface area contributed by atoms with E-state index in [1.807, 2.05) is 0 Å². The first-order chi connectivity index (χ1) is 8.57. The van der Waals surface area contributed by atoms with Gasteiger partial charge in [-0.05, 0) is 12.8 Å². The maximum Gasteiger partial charge on any atom is 0.136 e. The van der Waals surface area contributed by atoms with Crippen LogP contribution in [0.5, 0.6) is 0 Å². The van der Waals surface area contributed by atoms with E-state index in [0.717, 1.165) is 0 Å². The van der Waals surface area contributed by atoms with E-state index in [1.165, 1.54) is 0 Å². The lowest BCUT2D eigenvalue weighted by molar-refractivity contribution is -0.169. The van der Waals surface area contributed by atoms with Crippen molar-refractivity contribution in [1.29, 1.82) is 0 Å². The van der Waals surface area contributed by atoms with Gasteiger partial charge in [-0.1, -0.05) is 6.42 Å².